The summed E-state index contributed by atoms with van der Waals surface area (Å²) in [5.74, 6) is -5.12. The highest BCUT2D eigenvalue weighted by Crippen LogP contribution is 2.54. The molecule has 12 nitrogen and oxygen atoms in total. The summed E-state index contributed by atoms with van der Waals surface area (Å²) in [5, 5.41) is 24.7. The van der Waals surface area contributed by atoms with Gasteiger partial charge in [-0.25, -0.2) is 14.7 Å². The molecule has 0 radical (unpaired) electrons. The minimum absolute atomic E-state index is 0.0672. The molecule has 13 heteroatoms. The summed E-state index contributed by atoms with van der Waals surface area (Å²) in [6.07, 6.45) is 8.55. The zero-order valence-electron chi connectivity index (χ0n) is 20.9. The first-order valence-electron chi connectivity index (χ1n) is 11.2. The van der Waals surface area contributed by atoms with E-state index in [2.05, 4.69) is 16.1 Å². The van der Waals surface area contributed by atoms with Crippen molar-refractivity contribution in [2.75, 3.05) is 19.7 Å². The first kappa shape index (κ1) is 29.5. The Labute approximate surface area is 209 Å². The Morgan fingerprint density at radius 1 is 1.28 bits per heavy atom. The van der Waals surface area contributed by atoms with E-state index in [9.17, 15) is 34.0 Å². The lowest BCUT2D eigenvalue weighted by atomic mass is 10.1. The normalized spacial score (nSPS) is 24.2. The van der Waals surface area contributed by atoms with Crippen molar-refractivity contribution in [1.29, 1.82) is 0 Å². The monoisotopic (exact) mass is 526 g/mol. The van der Waals surface area contributed by atoms with Gasteiger partial charge < -0.3 is 20.3 Å². The molecule has 0 aromatic heterocycles. The van der Waals surface area contributed by atoms with Crippen LogP contribution in [0.15, 0.2) is 12.2 Å². The number of ether oxygens (including phenoxy) is 1. The maximum Gasteiger partial charge on any atom is 0.420 e. The summed E-state index contributed by atoms with van der Waals surface area (Å²) in [6, 6.07) is -0.804. The van der Waals surface area contributed by atoms with Crippen LogP contribution in [0, 0.1) is 23.4 Å². The second-order valence-corrected chi connectivity index (χ2v) is 12.2. The molecule has 0 aromatic carbocycles. The summed E-state index contributed by atoms with van der Waals surface area (Å²) in [5.41, 5.74) is -0.801. The number of carboxylic acid groups (broad SMARTS) is 2. The Morgan fingerprint density at radius 3 is 2.33 bits per heavy atom. The highest BCUT2D eigenvalue weighted by atomic mass is 31.2. The van der Waals surface area contributed by atoms with Gasteiger partial charge in [0, 0.05) is 24.8 Å². The van der Waals surface area contributed by atoms with Crippen LogP contribution in [0.3, 0.4) is 0 Å². The van der Waals surface area contributed by atoms with E-state index in [4.69, 9.17) is 15.7 Å². The van der Waals surface area contributed by atoms with Gasteiger partial charge in [0.05, 0.1) is 35.4 Å². The smallest absolute Gasteiger partial charge is 0.420 e. The van der Waals surface area contributed by atoms with Gasteiger partial charge in [-0.15, -0.1) is 6.42 Å². The molecule has 0 spiro atoms. The van der Waals surface area contributed by atoms with Gasteiger partial charge in [-0.2, -0.15) is 0 Å². The molecule has 0 aromatic rings. The van der Waals surface area contributed by atoms with Crippen molar-refractivity contribution in [2.45, 2.75) is 58.3 Å². The molecule has 36 heavy (non-hydrogen) atoms. The second-order valence-electron chi connectivity index (χ2n) is 10.4. The van der Waals surface area contributed by atoms with Crippen molar-refractivity contribution >= 4 is 37.5 Å². The van der Waals surface area contributed by atoms with Crippen LogP contribution in [-0.2, 0) is 33.0 Å². The molecular formula is C23H33N3O9P+. The van der Waals surface area contributed by atoms with Crippen molar-refractivity contribution in [1.82, 2.24) is 10.4 Å². The molecule has 0 saturated heterocycles. The lowest BCUT2D eigenvalue weighted by Gasteiger charge is -2.32. The molecule has 1 heterocycles. The Kier molecular flexibility index (Phi) is 8.82. The summed E-state index contributed by atoms with van der Waals surface area (Å²) < 4.78 is 25.3. The number of nitrogens with zero attached hydrogens (tertiary/aromatic N) is 1. The number of hydrogen-bond donors (Lipinski definition) is 4. The predicted molar refractivity (Wildman–Crippen MR) is 128 cm³/mol. The summed E-state index contributed by atoms with van der Waals surface area (Å²) in [7, 11) is -3.90. The maximum atomic E-state index is 13.2. The number of nitrogens with one attached hydrogen (secondary N) is 2. The number of imide groups is 1. The molecule has 1 aliphatic carbocycles. The van der Waals surface area contributed by atoms with Gasteiger partial charge in [0.25, 0.3) is 0 Å². The van der Waals surface area contributed by atoms with Gasteiger partial charge in [0.1, 0.15) is 5.92 Å². The number of aliphatic carboxylic acids is 2. The van der Waals surface area contributed by atoms with Crippen molar-refractivity contribution in [3.8, 4) is 12.1 Å². The maximum absolute atomic E-state index is 13.2. The minimum atomic E-state index is -3.90. The fourth-order valence-electron chi connectivity index (χ4n) is 3.43. The van der Waals surface area contributed by atoms with Gasteiger partial charge in [-0.3, -0.25) is 18.7 Å². The fourth-order valence-corrected chi connectivity index (χ4v) is 5.11. The average Bonchev–Trinajstić information content (AvgIpc) is 3.35. The summed E-state index contributed by atoms with van der Waals surface area (Å²) in [6.45, 7) is 8.51. The van der Waals surface area contributed by atoms with Crippen LogP contribution in [0.4, 0.5) is 0 Å². The number of hydrogen-bond acceptors (Lipinski definition) is 8. The van der Waals surface area contributed by atoms with Crippen LogP contribution in [0.25, 0.3) is 0 Å². The molecule has 4 atom stereocenters. The highest BCUT2D eigenvalue weighted by Gasteiger charge is 2.62. The van der Waals surface area contributed by atoms with Gasteiger partial charge in [-0.05, 0) is 41.0 Å². The number of rotatable bonds is 13. The summed E-state index contributed by atoms with van der Waals surface area (Å²) in [4.78, 5) is 47.0. The third kappa shape index (κ3) is 7.66. The van der Waals surface area contributed by atoms with Crippen molar-refractivity contribution in [2.24, 2.45) is 11.3 Å². The van der Waals surface area contributed by atoms with Crippen LogP contribution in [0.5, 0.6) is 0 Å². The van der Waals surface area contributed by atoms with E-state index in [-0.39, 0.29) is 26.1 Å². The minimum Gasteiger partial charge on any atom is -0.481 e. The summed E-state index contributed by atoms with van der Waals surface area (Å²) >= 11 is 0. The largest absolute Gasteiger partial charge is 0.481 e. The molecular weight excluding hydrogens is 493 g/mol. The van der Waals surface area contributed by atoms with E-state index in [1.807, 2.05) is 20.8 Å². The Balaban J connectivity index is 2.03. The van der Waals surface area contributed by atoms with Crippen molar-refractivity contribution in [3.63, 3.8) is 0 Å². The molecule has 0 bridgehead atoms. The quantitative estimate of drug-likeness (QED) is 0.116. The average molecular weight is 527 g/mol. The highest BCUT2D eigenvalue weighted by molar-refractivity contribution is 7.62. The van der Waals surface area contributed by atoms with E-state index >= 15 is 0 Å². The number of carboxylic acids is 2. The molecule has 4 N–H and O–H groups in total. The van der Waals surface area contributed by atoms with Crippen LogP contribution >= 0.6 is 7.52 Å². The van der Waals surface area contributed by atoms with Gasteiger partial charge in [0.15, 0.2) is 6.21 Å². The fraction of sp³-hybridized carbons (Fsp3) is 0.609. The molecule has 4 unspecified atom stereocenters. The van der Waals surface area contributed by atoms with Gasteiger partial charge in [-0.1, -0.05) is 4.58 Å². The third-order valence-corrected chi connectivity index (χ3v) is 7.26. The number of carbonyl (C=O) groups excluding carboxylic acids is 2. The van der Waals surface area contributed by atoms with Crippen LogP contribution in [-0.4, -0.2) is 81.7 Å². The van der Waals surface area contributed by atoms with E-state index in [0.717, 1.165) is 18.4 Å². The van der Waals surface area contributed by atoms with Crippen LogP contribution < -0.4 is 10.4 Å². The van der Waals surface area contributed by atoms with Gasteiger partial charge >= 0.3 is 31.3 Å². The molecule has 2 amide bonds. The molecule has 1 aliphatic heterocycles. The lowest BCUT2D eigenvalue weighted by molar-refractivity contribution is -0.367. The lowest BCUT2D eigenvalue weighted by Crippen LogP contribution is -2.41. The third-order valence-electron chi connectivity index (χ3n) is 5.52. The zero-order valence-corrected chi connectivity index (χ0v) is 21.8. The SMILES string of the molecule is C#CP(=O)(NC1CC1(CNCC(C=[N+]1C(=O)C=CC1=O)C(=O)O)C(=O)O)OC(C)(C)COC(C)(C)C. The number of terminal acetylenes is 1. The number of carbonyl (C=O) groups is 4. The topological polar surface area (TPSA) is 171 Å². The molecule has 2 aliphatic rings. The zero-order chi connectivity index (χ0) is 27.5. The van der Waals surface area contributed by atoms with Crippen molar-refractivity contribution < 1.29 is 47.8 Å². The van der Waals surface area contributed by atoms with E-state index < -0.39 is 59.8 Å². The first-order chi connectivity index (χ1) is 16.4. The molecule has 1 fully saturated rings. The Bertz CT molecular complexity index is 1060. The molecule has 1 saturated carbocycles. The van der Waals surface area contributed by atoms with E-state index in [1.165, 1.54) is 0 Å². The Hall–Kier alpha value is -2.68. The molecule has 198 valence electrons. The van der Waals surface area contributed by atoms with Crippen LogP contribution in [0.1, 0.15) is 41.0 Å². The van der Waals surface area contributed by atoms with Gasteiger partial charge in [0.2, 0.25) is 0 Å². The predicted octanol–water partition coefficient (Wildman–Crippen LogP) is 0.810. The van der Waals surface area contributed by atoms with E-state index in [0.29, 0.717) is 4.58 Å². The Morgan fingerprint density at radius 2 is 1.86 bits per heavy atom. The van der Waals surface area contributed by atoms with E-state index in [1.54, 1.807) is 13.8 Å². The number of amides is 2. The van der Waals surface area contributed by atoms with Crippen molar-refractivity contribution in [3.05, 3.63) is 12.2 Å². The standard InChI is InChI=1S/C23H32N3O9P/c1-7-36(33,35-22(5,6)14-34-21(2,3)4)25-16-10-23(16,20(31)32)13-24-11-15(19(29)30)12-26-17(27)8-9-18(26)28/h1,8-9,12,15-16,24H,10-11,13-14H2,2-6H3,(H2-,25,29,30,31,32,33)/p+1. The second kappa shape index (κ2) is 10.7. The molecule has 2 rings (SSSR count). The first-order valence-corrected chi connectivity index (χ1v) is 12.8. The van der Waals surface area contributed by atoms with Crippen LogP contribution in [0.2, 0.25) is 0 Å².